The van der Waals surface area contributed by atoms with Crippen molar-refractivity contribution in [3.05, 3.63) is 34.2 Å². The summed E-state index contributed by atoms with van der Waals surface area (Å²) >= 11 is 5.95. The molecule has 2 heterocycles. The molecule has 2 aliphatic rings. The molecular formula is C20H21ClFN3O7S2. The number of alkyl halides is 1. The third kappa shape index (κ3) is 4.62. The fourth-order valence-electron chi connectivity index (χ4n) is 3.97. The van der Waals surface area contributed by atoms with Gasteiger partial charge in [-0.3, -0.25) is 4.79 Å². The molecule has 0 bridgehead atoms. The maximum atomic E-state index is 13.9. The Balaban J connectivity index is 2.00. The average Bonchev–Trinajstić information content (AvgIpc) is 3.21. The Morgan fingerprint density at radius 2 is 2.06 bits per heavy atom. The Labute approximate surface area is 200 Å². The Morgan fingerprint density at radius 3 is 2.65 bits per heavy atom. The third-order valence-corrected chi connectivity index (χ3v) is 10.3. The third-order valence-electron chi connectivity index (χ3n) is 5.93. The van der Waals surface area contributed by atoms with Gasteiger partial charge < -0.3 is 15.3 Å². The van der Waals surface area contributed by atoms with E-state index in [4.69, 9.17) is 11.6 Å². The van der Waals surface area contributed by atoms with Gasteiger partial charge in [0.1, 0.15) is 18.3 Å². The number of carbonyl (C=O) groups is 2. The van der Waals surface area contributed by atoms with Gasteiger partial charge in [-0.15, -0.1) is 0 Å². The first-order chi connectivity index (χ1) is 15.6. The van der Waals surface area contributed by atoms with Crippen LogP contribution in [0.5, 0.6) is 0 Å². The van der Waals surface area contributed by atoms with Crippen LogP contribution in [0.1, 0.15) is 25.8 Å². The molecule has 3 rings (SSSR count). The van der Waals surface area contributed by atoms with Gasteiger partial charge in [0.15, 0.2) is 9.84 Å². The van der Waals surface area contributed by atoms with Crippen molar-refractivity contribution in [1.29, 1.82) is 5.26 Å². The van der Waals surface area contributed by atoms with Crippen molar-refractivity contribution in [1.82, 2.24) is 10.2 Å². The van der Waals surface area contributed by atoms with Crippen LogP contribution in [0.4, 0.5) is 9.18 Å². The number of benzene rings is 1. The van der Waals surface area contributed by atoms with Gasteiger partial charge in [0.25, 0.3) is 0 Å². The highest BCUT2D eigenvalue weighted by Gasteiger charge is 2.51. The van der Waals surface area contributed by atoms with Gasteiger partial charge in [0, 0.05) is 16.9 Å². The standard InChI is InChI=1S/C20H21ClFN3O7S2/c1-20(2,17(24-19(27)28)18(26)25-8-13(22)6-14(25)7-23)34(31,32)10-11-9-33(29,30)16-4-3-12(21)5-15(11)16/h3-5,9,13-14,17,24H,6,8,10H2,1-2H3,(H,27,28)/t13-,14-,17+/m0/s1. The maximum absolute atomic E-state index is 13.9. The van der Waals surface area contributed by atoms with Gasteiger partial charge in [-0.2, -0.15) is 5.26 Å². The molecule has 1 fully saturated rings. The molecule has 2 amide bonds. The predicted molar refractivity (Wildman–Crippen MR) is 120 cm³/mol. The lowest BCUT2D eigenvalue weighted by atomic mass is 10.0. The van der Waals surface area contributed by atoms with E-state index in [-0.39, 0.29) is 27.5 Å². The van der Waals surface area contributed by atoms with Crippen LogP contribution >= 0.6 is 11.6 Å². The molecule has 2 N–H and O–H groups in total. The molecule has 1 saturated heterocycles. The van der Waals surface area contributed by atoms with Gasteiger partial charge in [-0.05, 0) is 43.2 Å². The highest BCUT2D eigenvalue weighted by atomic mass is 35.5. The van der Waals surface area contributed by atoms with Crippen LogP contribution in [-0.4, -0.2) is 74.1 Å². The summed E-state index contributed by atoms with van der Waals surface area (Å²) in [6, 6.07) is 2.57. The summed E-state index contributed by atoms with van der Waals surface area (Å²) < 4.78 is 63.6. The Kier molecular flexibility index (Phi) is 6.73. The number of carbonyl (C=O) groups excluding carboxylic acids is 1. The molecule has 14 heteroatoms. The first-order valence-electron chi connectivity index (χ1n) is 9.92. The highest BCUT2D eigenvalue weighted by Crippen LogP contribution is 2.38. The lowest BCUT2D eigenvalue weighted by molar-refractivity contribution is -0.134. The summed E-state index contributed by atoms with van der Waals surface area (Å²) in [5.74, 6) is -1.91. The van der Waals surface area contributed by atoms with Crippen LogP contribution in [0.25, 0.3) is 5.57 Å². The minimum absolute atomic E-state index is 0.0882. The van der Waals surface area contributed by atoms with E-state index < -0.39 is 67.0 Å². The summed E-state index contributed by atoms with van der Waals surface area (Å²) in [4.78, 5) is 25.3. The van der Waals surface area contributed by atoms with Crippen molar-refractivity contribution in [2.24, 2.45) is 0 Å². The van der Waals surface area contributed by atoms with Crippen LogP contribution in [0.2, 0.25) is 5.02 Å². The van der Waals surface area contributed by atoms with Crippen molar-refractivity contribution in [2.75, 3.05) is 12.3 Å². The quantitative estimate of drug-likeness (QED) is 0.559. The molecule has 0 aromatic heterocycles. The molecule has 0 radical (unpaired) electrons. The van der Waals surface area contributed by atoms with E-state index in [0.29, 0.717) is 0 Å². The van der Waals surface area contributed by atoms with Gasteiger partial charge in [0.2, 0.25) is 15.7 Å². The van der Waals surface area contributed by atoms with E-state index in [2.05, 4.69) is 0 Å². The first kappa shape index (κ1) is 25.9. The second-order valence-corrected chi connectivity index (χ2v) is 13.3. The molecule has 34 heavy (non-hydrogen) atoms. The molecule has 184 valence electrons. The zero-order chi connectivity index (χ0) is 25.6. The van der Waals surface area contributed by atoms with Crippen LogP contribution < -0.4 is 5.32 Å². The zero-order valence-corrected chi connectivity index (χ0v) is 20.4. The number of halogens is 2. The van der Waals surface area contributed by atoms with Crippen molar-refractivity contribution < 1.29 is 35.9 Å². The number of likely N-dealkylation sites (tertiary alicyclic amines) is 1. The smallest absolute Gasteiger partial charge is 0.405 e. The van der Waals surface area contributed by atoms with Gasteiger partial charge in [-0.25, -0.2) is 26.0 Å². The second kappa shape index (κ2) is 8.83. The van der Waals surface area contributed by atoms with Crippen molar-refractivity contribution in [2.45, 2.75) is 48.2 Å². The Bertz CT molecular complexity index is 1340. The van der Waals surface area contributed by atoms with E-state index >= 15 is 0 Å². The minimum atomic E-state index is -4.43. The highest BCUT2D eigenvalue weighted by molar-refractivity contribution is 7.95. The van der Waals surface area contributed by atoms with Crippen LogP contribution in [0, 0.1) is 11.3 Å². The number of nitrogens with zero attached hydrogens (tertiary/aromatic N) is 2. The van der Waals surface area contributed by atoms with Crippen molar-refractivity contribution >= 4 is 48.8 Å². The Morgan fingerprint density at radius 1 is 1.41 bits per heavy atom. The molecule has 10 nitrogen and oxygen atoms in total. The number of sulfone groups is 2. The predicted octanol–water partition coefficient (Wildman–Crippen LogP) is 1.76. The van der Waals surface area contributed by atoms with Gasteiger partial charge in [-0.1, -0.05) is 11.6 Å². The van der Waals surface area contributed by atoms with E-state index in [9.17, 15) is 41.2 Å². The number of rotatable bonds is 6. The molecule has 1 aromatic carbocycles. The molecule has 1 aromatic rings. The summed E-state index contributed by atoms with van der Waals surface area (Å²) in [7, 11) is -8.35. The van der Waals surface area contributed by atoms with E-state index in [1.807, 2.05) is 5.32 Å². The second-order valence-electron chi connectivity index (χ2n) is 8.54. The van der Waals surface area contributed by atoms with Gasteiger partial charge in [0.05, 0.1) is 28.0 Å². The number of hydrogen-bond donors (Lipinski definition) is 2. The minimum Gasteiger partial charge on any atom is -0.465 e. The maximum Gasteiger partial charge on any atom is 0.405 e. The lowest BCUT2D eigenvalue weighted by Crippen LogP contribution is -2.62. The molecule has 0 saturated carbocycles. The van der Waals surface area contributed by atoms with Crippen LogP contribution in [-0.2, 0) is 24.5 Å². The van der Waals surface area contributed by atoms with Crippen molar-refractivity contribution in [3.63, 3.8) is 0 Å². The molecule has 2 aliphatic heterocycles. The van der Waals surface area contributed by atoms with E-state index in [1.54, 1.807) is 6.07 Å². The normalized spacial score (nSPS) is 22.4. The monoisotopic (exact) mass is 533 g/mol. The van der Waals surface area contributed by atoms with Crippen LogP contribution in [0.15, 0.2) is 28.5 Å². The number of carboxylic acid groups (broad SMARTS) is 1. The Hall–Kier alpha value is -2.69. The number of nitrogens with one attached hydrogen (secondary N) is 1. The fraction of sp³-hybridized carbons (Fsp3) is 0.450. The SMILES string of the molecule is CC(C)([C@H](NC(=O)O)C(=O)N1C[C@@H](F)C[C@H]1C#N)S(=O)(=O)CC1=CS(=O)(=O)c2ccc(Cl)cc21. The lowest BCUT2D eigenvalue weighted by Gasteiger charge is -2.35. The van der Waals surface area contributed by atoms with Gasteiger partial charge >= 0.3 is 6.09 Å². The largest absolute Gasteiger partial charge is 0.465 e. The fourth-order valence-corrected chi connectivity index (χ4v) is 7.25. The zero-order valence-electron chi connectivity index (χ0n) is 18.0. The average molecular weight is 534 g/mol. The van der Waals surface area contributed by atoms with Crippen LogP contribution in [0.3, 0.4) is 0 Å². The topological polar surface area (TPSA) is 162 Å². The van der Waals surface area contributed by atoms with E-state index in [0.717, 1.165) is 24.2 Å². The summed E-state index contributed by atoms with van der Waals surface area (Å²) in [5, 5.41) is 21.4. The number of fused-ring (bicyclic) bond motifs is 1. The summed E-state index contributed by atoms with van der Waals surface area (Å²) in [6.45, 7) is 1.72. The molecule has 0 aliphatic carbocycles. The van der Waals surface area contributed by atoms with E-state index in [1.165, 1.54) is 18.2 Å². The molecule has 0 spiro atoms. The molecule has 3 atom stereocenters. The first-order valence-corrected chi connectivity index (χ1v) is 13.5. The molecular weight excluding hydrogens is 513 g/mol. The molecule has 0 unspecified atom stereocenters. The number of amides is 2. The number of nitriles is 1. The van der Waals surface area contributed by atoms with Crippen molar-refractivity contribution in [3.8, 4) is 6.07 Å². The summed E-state index contributed by atoms with van der Waals surface area (Å²) in [5.41, 5.74) is -0.00250. The number of hydrogen-bond acceptors (Lipinski definition) is 7. The summed E-state index contributed by atoms with van der Waals surface area (Å²) in [6.07, 6.45) is -3.50.